The average Bonchev–Trinajstić information content (AvgIpc) is 3.06. The Morgan fingerprint density at radius 1 is 1.27 bits per heavy atom. The summed E-state index contributed by atoms with van der Waals surface area (Å²) in [6.07, 6.45) is 7.86. The summed E-state index contributed by atoms with van der Waals surface area (Å²) in [6.45, 7) is 8.37. The molecule has 0 saturated heterocycles. The quantitative estimate of drug-likeness (QED) is 0.526. The van der Waals surface area contributed by atoms with E-state index in [2.05, 4.69) is 71.1 Å². The largest absolute Gasteiger partial charge is 0.494 e. The maximum Gasteiger partial charge on any atom is 0.221 e. The first-order valence-corrected chi connectivity index (χ1v) is 10.4. The van der Waals surface area contributed by atoms with E-state index >= 15 is 0 Å². The molecule has 0 amide bonds. The van der Waals surface area contributed by atoms with E-state index in [0.29, 0.717) is 17.2 Å². The number of aromatic nitrogens is 1. The molecule has 0 radical (unpaired) electrons. The van der Waals surface area contributed by atoms with Crippen LogP contribution < -0.4 is 16.3 Å². The first kappa shape index (κ1) is 21.6. The Hall–Kier alpha value is -3.15. The molecule has 0 saturated carbocycles. The Morgan fingerprint density at radius 3 is 2.70 bits per heavy atom. The molecule has 1 aliphatic carbocycles. The third kappa shape index (κ3) is 4.22. The molecule has 4 N–H and O–H groups in total. The molecule has 0 spiro atoms. The zero-order chi connectivity index (χ0) is 21.8. The second kappa shape index (κ2) is 9.11. The normalized spacial score (nSPS) is 19.5. The number of H-pyrrole nitrogens is 1. The van der Waals surface area contributed by atoms with Crippen LogP contribution in [0, 0.1) is 12.8 Å². The van der Waals surface area contributed by atoms with Crippen molar-refractivity contribution in [3.8, 4) is 5.88 Å². The number of nitrogens with zero attached hydrogens (tertiary/aromatic N) is 3. The highest BCUT2D eigenvalue weighted by Gasteiger charge is 2.25. The lowest BCUT2D eigenvalue weighted by Gasteiger charge is -2.25. The van der Waals surface area contributed by atoms with Crippen LogP contribution in [0.4, 0.5) is 0 Å². The molecule has 0 fully saturated rings. The highest BCUT2D eigenvalue weighted by Crippen LogP contribution is 2.34. The van der Waals surface area contributed by atoms with E-state index in [-0.39, 0.29) is 17.8 Å². The number of rotatable bonds is 5. The molecule has 1 aromatic heterocycles. The molecule has 2 unspecified atom stereocenters. The van der Waals surface area contributed by atoms with E-state index in [9.17, 15) is 5.11 Å². The second-order valence-corrected chi connectivity index (χ2v) is 7.71. The zero-order valence-corrected chi connectivity index (χ0v) is 18.4. The molecule has 1 aliphatic rings. The van der Waals surface area contributed by atoms with Crippen molar-refractivity contribution >= 4 is 30.2 Å². The maximum atomic E-state index is 10.6. The van der Waals surface area contributed by atoms with Crippen LogP contribution in [0.25, 0.3) is 12.2 Å². The van der Waals surface area contributed by atoms with Crippen LogP contribution in [0.1, 0.15) is 55.4 Å². The minimum absolute atomic E-state index is 0.0974. The number of guanidine groups is 1. The van der Waals surface area contributed by atoms with Crippen LogP contribution in [0.2, 0.25) is 0 Å². The van der Waals surface area contributed by atoms with Crippen molar-refractivity contribution in [1.29, 1.82) is 0 Å². The van der Waals surface area contributed by atoms with Gasteiger partial charge >= 0.3 is 0 Å². The minimum Gasteiger partial charge on any atom is -0.494 e. The lowest BCUT2D eigenvalue weighted by Crippen LogP contribution is -2.34. The summed E-state index contributed by atoms with van der Waals surface area (Å²) in [5.41, 5.74) is 11.1. The summed E-state index contributed by atoms with van der Waals surface area (Å²) >= 11 is 0. The van der Waals surface area contributed by atoms with Crippen LogP contribution in [-0.2, 0) is 6.42 Å². The van der Waals surface area contributed by atoms with Gasteiger partial charge in [0.25, 0.3) is 0 Å². The Bertz CT molecular complexity index is 1140. The van der Waals surface area contributed by atoms with Crippen molar-refractivity contribution in [1.82, 2.24) is 4.98 Å². The van der Waals surface area contributed by atoms with Gasteiger partial charge in [-0.2, -0.15) is 0 Å². The molecule has 0 bridgehead atoms. The van der Waals surface area contributed by atoms with Crippen molar-refractivity contribution < 1.29 is 5.11 Å². The van der Waals surface area contributed by atoms with Gasteiger partial charge in [-0.25, -0.2) is 9.98 Å². The van der Waals surface area contributed by atoms with Gasteiger partial charge in [0, 0.05) is 23.5 Å². The van der Waals surface area contributed by atoms with Gasteiger partial charge in [0.1, 0.15) is 6.34 Å². The van der Waals surface area contributed by atoms with Crippen molar-refractivity contribution in [2.45, 2.75) is 46.5 Å². The summed E-state index contributed by atoms with van der Waals surface area (Å²) < 4.78 is 0. The van der Waals surface area contributed by atoms with E-state index in [1.807, 2.05) is 6.92 Å². The predicted octanol–water partition coefficient (Wildman–Crippen LogP) is 2.76. The predicted molar refractivity (Wildman–Crippen MR) is 126 cm³/mol. The smallest absolute Gasteiger partial charge is 0.221 e. The number of fused-ring (bicyclic) bond motifs is 1. The number of hydrogen-bond acceptors (Lipinski definition) is 2. The standard InChI is InChI=1S/C24H31N5O/c1-6-16-9-8-14(3)18(10-16)19-12-20-21(11-17(19)7-2)29-23(30)22(20)15(4)28-24(25)27-13-26-5/h8-13,17,19,29-30H,6-7H2,1-5H3,(H2,25,26,27). The maximum absolute atomic E-state index is 10.6. The molecule has 0 aliphatic heterocycles. The molecule has 6 nitrogen and oxygen atoms in total. The van der Waals surface area contributed by atoms with E-state index in [4.69, 9.17) is 5.73 Å². The number of aliphatic imine (C=N–C) groups is 3. The van der Waals surface area contributed by atoms with Crippen LogP contribution >= 0.6 is 0 Å². The molecule has 6 heteroatoms. The van der Waals surface area contributed by atoms with Crippen LogP contribution in [0.3, 0.4) is 0 Å². The molecular weight excluding hydrogens is 374 g/mol. The number of aromatic hydroxyl groups is 1. The molecule has 2 aromatic rings. The first-order valence-electron chi connectivity index (χ1n) is 10.4. The van der Waals surface area contributed by atoms with E-state index in [0.717, 1.165) is 23.4 Å². The highest BCUT2D eigenvalue weighted by molar-refractivity contribution is 6.08. The number of aromatic amines is 1. The number of nitrogens with one attached hydrogen (secondary N) is 1. The van der Waals surface area contributed by atoms with Crippen LogP contribution in [0.5, 0.6) is 5.88 Å². The van der Waals surface area contributed by atoms with E-state index < -0.39 is 0 Å². The van der Waals surface area contributed by atoms with Gasteiger partial charge in [0.05, 0.1) is 11.3 Å². The summed E-state index contributed by atoms with van der Waals surface area (Å²) in [6, 6.07) is 6.72. The fourth-order valence-corrected chi connectivity index (χ4v) is 4.15. The van der Waals surface area contributed by atoms with Crippen LogP contribution in [0.15, 0.2) is 33.2 Å². The fourth-order valence-electron chi connectivity index (χ4n) is 4.15. The molecular formula is C24H31N5O. The van der Waals surface area contributed by atoms with E-state index in [1.54, 1.807) is 7.05 Å². The average molecular weight is 406 g/mol. The summed E-state index contributed by atoms with van der Waals surface area (Å²) in [5.74, 6) is 0.773. The summed E-state index contributed by atoms with van der Waals surface area (Å²) in [7, 11) is 1.62. The lowest BCUT2D eigenvalue weighted by atomic mass is 9.78. The van der Waals surface area contributed by atoms with E-state index in [1.165, 1.54) is 23.0 Å². The van der Waals surface area contributed by atoms with Crippen molar-refractivity contribution in [2.75, 3.05) is 7.05 Å². The zero-order valence-electron chi connectivity index (χ0n) is 18.4. The molecule has 1 heterocycles. The minimum atomic E-state index is 0.0974. The second-order valence-electron chi connectivity index (χ2n) is 7.71. The van der Waals surface area contributed by atoms with Gasteiger partial charge in [-0.3, -0.25) is 4.99 Å². The van der Waals surface area contributed by atoms with Crippen molar-refractivity contribution in [2.24, 2.45) is 26.6 Å². The molecule has 3 rings (SSSR count). The number of benzene rings is 1. The number of nitrogens with two attached hydrogens (primary N) is 1. The fraction of sp³-hybridized carbons (Fsp3) is 0.375. The summed E-state index contributed by atoms with van der Waals surface area (Å²) in [5, 5.41) is 12.5. The molecule has 1 aromatic carbocycles. The third-order valence-corrected chi connectivity index (χ3v) is 5.77. The number of hydrogen-bond donors (Lipinski definition) is 3. The monoisotopic (exact) mass is 405 g/mol. The highest BCUT2D eigenvalue weighted by atomic mass is 16.3. The van der Waals surface area contributed by atoms with Gasteiger partial charge in [-0.15, -0.1) is 0 Å². The first-order chi connectivity index (χ1) is 14.4. The van der Waals surface area contributed by atoms with Gasteiger partial charge in [0.15, 0.2) is 5.88 Å². The van der Waals surface area contributed by atoms with Crippen molar-refractivity contribution in [3.63, 3.8) is 0 Å². The van der Waals surface area contributed by atoms with Crippen LogP contribution in [-0.4, -0.2) is 35.1 Å². The Balaban J connectivity index is 2.18. The Kier molecular flexibility index (Phi) is 6.55. The lowest BCUT2D eigenvalue weighted by molar-refractivity contribution is 0.455. The summed E-state index contributed by atoms with van der Waals surface area (Å²) in [4.78, 5) is 15.2. The number of aryl methyl sites for hydroxylation is 2. The van der Waals surface area contributed by atoms with Gasteiger partial charge in [0.2, 0.25) is 5.96 Å². The topological polar surface area (TPSA) is 99.1 Å². The van der Waals surface area contributed by atoms with Crippen molar-refractivity contribution in [3.05, 3.63) is 51.0 Å². The van der Waals surface area contributed by atoms with Gasteiger partial charge in [-0.05, 0) is 49.3 Å². The SMILES string of the molecule is CCc1ccc(C)c(C2C=c3c(C(C)=NC(N)=NC=NC)c(O)[nH]c3=CC2CC)c1. The Labute approximate surface area is 177 Å². The third-order valence-electron chi connectivity index (χ3n) is 5.77. The molecule has 2 atom stereocenters. The van der Waals surface area contributed by atoms with Gasteiger partial charge in [-0.1, -0.05) is 44.2 Å². The Morgan fingerprint density at radius 2 is 2.03 bits per heavy atom. The molecule has 30 heavy (non-hydrogen) atoms. The molecule has 158 valence electrons. The van der Waals surface area contributed by atoms with Gasteiger partial charge < -0.3 is 15.8 Å².